The molecule has 1 aromatic carbocycles. The summed E-state index contributed by atoms with van der Waals surface area (Å²) in [6.07, 6.45) is 12.4. The van der Waals surface area contributed by atoms with Crippen molar-refractivity contribution in [1.82, 2.24) is 0 Å². The zero-order chi connectivity index (χ0) is 22.8. The predicted molar refractivity (Wildman–Crippen MR) is 131 cm³/mol. The predicted octanol–water partition coefficient (Wildman–Crippen LogP) is 8.16. The quantitative estimate of drug-likeness (QED) is 0.331. The first-order chi connectivity index (χ1) is 13.9. The Balaban J connectivity index is 0.000000414. The van der Waals surface area contributed by atoms with Crippen LogP contribution in [0.3, 0.4) is 0 Å². The van der Waals surface area contributed by atoms with Crippen LogP contribution in [-0.4, -0.2) is 10.4 Å². The van der Waals surface area contributed by atoms with Crippen LogP contribution in [0.15, 0.2) is 75.7 Å². The molecule has 163 valence electrons. The molecule has 0 aromatic heterocycles. The molecule has 0 fully saturated rings. The van der Waals surface area contributed by atoms with E-state index in [2.05, 4.69) is 92.7 Å². The molecule has 2 heteroatoms. The fraction of sp³-hybridized carbons (Fsp3) is 0.464. The molecule has 0 radical (unpaired) electrons. The third-order valence-electron chi connectivity index (χ3n) is 4.79. The number of para-hydroxylation sites is 1. The number of hydrogen-bond donors (Lipinski definition) is 0. The summed E-state index contributed by atoms with van der Waals surface area (Å²) in [7, 11) is 0. The average Bonchev–Trinajstić information content (AvgIpc) is 3.13. The van der Waals surface area contributed by atoms with Crippen LogP contribution >= 0.6 is 0 Å². The summed E-state index contributed by atoms with van der Waals surface area (Å²) in [5.41, 5.74) is 2.91. The van der Waals surface area contributed by atoms with Crippen molar-refractivity contribution in [3.8, 4) is 5.75 Å². The third-order valence-corrected chi connectivity index (χ3v) is 6.65. The van der Waals surface area contributed by atoms with Crippen LogP contribution in [0.1, 0.15) is 68.7 Å². The summed E-state index contributed by atoms with van der Waals surface area (Å²) < 4.78 is 9.26. The van der Waals surface area contributed by atoms with Crippen LogP contribution in [0.4, 0.5) is 0 Å². The molecule has 0 unspecified atom stereocenters. The summed E-state index contributed by atoms with van der Waals surface area (Å²) >= 11 is 0.153. The van der Waals surface area contributed by atoms with Gasteiger partial charge in [-0.2, -0.15) is 0 Å². The molecule has 0 atom stereocenters. The zero-order valence-electron chi connectivity index (χ0n) is 20.6. The summed E-state index contributed by atoms with van der Waals surface area (Å²) in [5, 5.41) is 0. The van der Waals surface area contributed by atoms with Gasteiger partial charge in [-0.1, -0.05) is 71.9 Å². The number of allylic oxidation sites excluding steroid dienone is 7. The fourth-order valence-corrected chi connectivity index (χ4v) is 4.56. The Bertz CT molecular complexity index is 802. The van der Waals surface area contributed by atoms with Crippen molar-refractivity contribution in [2.24, 2.45) is 10.8 Å². The second-order valence-corrected chi connectivity index (χ2v) is 12.9. The van der Waals surface area contributed by atoms with Gasteiger partial charge in [0.05, 0.1) is 0 Å². The minimum atomic E-state index is 0.0916. The normalized spacial score (nSPS) is 14.5. The van der Waals surface area contributed by atoms with Crippen molar-refractivity contribution in [2.75, 3.05) is 6.61 Å². The van der Waals surface area contributed by atoms with Crippen LogP contribution in [0.5, 0.6) is 5.75 Å². The first kappa shape index (κ1) is 26.6. The maximum absolute atomic E-state index is 5.96. The van der Waals surface area contributed by atoms with E-state index in [1.54, 1.807) is 7.69 Å². The molecule has 0 spiro atoms. The molecule has 0 N–H and O–H groups in total. The van der Waals surface area contributed by atoms with Gasteiger partial charge in [-0.25, -0.2) is 0 Å². The van der Waals surface area contributed by atoms with Crippen LogP contribution in [-0.2, 0) is 18.7 Å². The third kappa shape index (κ3) is 10.6. The summed E-state index contributed by atoms with van der Waals surface area (Å²) in [5.74, 6) is 0.922. The van der Waals surface area contributed by atoms with E-state index in [1.165, 1.54) is 17.6 Å². The monoisotopic (exact) mass is 441 g/mol. The number of benzene rings is 1. The van der Waals surface area contributed by atoms with E-state index < -0.39 is 0 Å². The van der Waals surface area contributed by atoms with Crippen molar-refractivity contribution in [3.63, 3.8) is 0 Å². The Kier molecular flexibility index (Phi) is 11.0. The van der Waals surface area contributed by atoms with E-state index in [-0.39, 0.29) is 29.5 Å². The molecule has 1 aromatic rings. The molecule has 0 saturated heterocycles. The van der Waals surface area contributed by atoms with E-state index >= 15 is 0 Å². The van der Waals surface area contributed by atoms with Gasteiger partial charge in [0, 0.05) is 0 Å². The first-order valence-corrected chi connectivity index (χ1v) is 12.5. The summed E-state index contributed by atoms with van der Waals surface area (Å²) in [6.45, 7) is 20.7. The van der Waals surface area contributed by atoms with Gasteiger partial charge in [0.15, 0.2) is 0 Å². The van der Waals surface area contributed by atoms with Gasteiger partial charge in [-0.15, -0.1) is 0 Å². The van der Waals surface area contributed by atoms with Crippen LogP contribution in [0, 0.1) is 10.8 Å². The van der Waals surface area contributed by atoms with Gasteiger partial charge < -0.3 is 4.74 Å². The van der Waals surface area contributed by atoms with E-state index in [1.807, 2.05) is 30.3 Å². The Morgan fingerprint density at radius 3 is 2.07 bits per heavy atom. The number of hydrogen-bond acceptors (Lipinski definition) is 1. The molecule has 1 aliphatic carbocycles. The topological polar surface area (TPSA) is 9.23 Å². The summed E-state index contributed by atoms with van der Waals surface area (Å²) in [6, 6.07) is 10.0. The zero-order valence-corrected chi connectivity index (χ0v) is 22.2. The Morgan fingerprint density at radius 2 is 1.63 bits per heavy atom. The molecular formula is C28H41OTi. The molecular weight excluding hydrogens is 400 g/mol. The molecule has 1 aliphatic rings. The van der Waals surface area contributed by atoms with Crippen molar-refractivity contribution in [3.05, 3.63) is 75.7 Å². The molecule has 0 aliphatic heterocycles. The number of ether oxygens (including phenoxy) is 1. The van der Waals surface area contributed by atoms with Gasteiger partial charge in [-0.05, 0) is 41.0 Å². The molecule has 0 saturated carbocycles. The van der Waals surface area contributed by atoms with Gasteiger partial charge in [0.1, 0.15) is 12.4 Å². The number of rotatable bonds is 5. The Morgan fingerprint density at radius 1 is 1.00 bits per heavy atom. The standard InChI is InChI=1S/C20H30O.C5H5.C3H6.Ti/c1-8-16(19(2,3)4)14-17(20(5,6)7)15-21-18-12-10-9-11-13-18;1-2-4-5-3-1;1-3-2;/h8-14H,15H2,1-7H3;1-3H,4H2;1-2H3;. The second-order valence-electron chi connectivity index (χ2n) is 9.96. The van der Waals surface area contributed by atoms with Gasteiger partial charge in [0.2, 0.25) is 0 Å². The maximum atomic E-state index is 5.96. The van der Waals surface area contributed by atoms with Gasteiger partial charge >= 0.3 is 64.9 Å². The van der Waals surface area contributed by atoms with Crippen LogP contribution in [0.2, 0.25) is 0 Å². The molecule has 2 rings (SSSR count). The van der Waals surface area contributed by atoms with E-state index in [0.717, 1.165) is 5.75 Å². The van der Waals surface area contributed by atoms with Crippen molar-refractivity contribution < 1.29 is 23.4 Å². The molecule has 0 heterocycles. The van der Waals surface area contributed by atoms with E-state index in [0.29, 0.717) is 6.61 Å². The fourth-order valence-electron chi connectivity index (χ4n) is 2.93. The van der Waals surface area contributed by atoms with Gasteiger partial charge in [-0.3, -0.25) is 0 Å². The SMILES string of the molecule is CC=C(C=C(COc1ccccc1)C(C)(C)C)C(C)(C)C.C[C](C)=[Ti][C]1=CC=CC1. The first-order valence-electron chi connectivity index (χ1n) is 10.9. The second kappa shape index (κ2) is 12.4. The van der Waals surface area contributed by atoms with Crippen LogP contribution < -0.4 is 4.74 Å². The molecule has 1 nitrogen and oxygen atoms in total. The molecule has 0 bridgehead atoms. The molecule has 30 heavy (non-hydrogen) atoms. The van der Waals surface area contributed by atoms with Crippen molar-refractivity contribution >= 4 is 3.81 Å². The summed E-state index contributed by atoms with van der Waals surface area (Å²) in [4.78, 5) is 0. The van der Waals surface area contributed by atoms with E-state index in [9.17, 15) is 0 Å². The van der Waals surface area contributed by atoms with Gasteiger partial charge in [0.25, 0.3) is 0 Å². The minimum absolute atomic E-state index is 0.0916. The molecule has 0 amide bonds. The Labute approximate surface area is 194 Å². The van der Waals surface area contributed by atoms with Crippen LogP contribution in [0.25, 0.3) is 0 Å². The van der Waals surface area contributed by atoms with Crippen molar-refractivity contribution in [1.29, 1.82) is 0 Å². The van der Waals surface area contributed by atoms with E-state index in [4.69, 9.17) is 4.74 Å². The Hall–Kier alpha value is -1.44. The average molecular weight is 442 g/mol. The van der Waals surface area contributed by atoms with Crippen molar-refractivity contribution in [2.45, 2.75) is 68.7 Å².